The maximum absolute atomic E-state index is 12.5. The van der Waals surface area contributed by atoms with Crippen LogP contribution in [0.2, 0.25) is 0 Å². The molecule has 0 bridgehead atoms. The second-order valence-corrected chi connectivity index (χ2v) is 7.72. The Morgan fingerprint density at radius 1 is 1.33 bits per heavy atom. The Morgan fingerprint density at radius 2 is 2.22 bits per heavy atom. The van der Waals surface area contributed by atoms with Crippen LogP contribution in [0, 0.1) is 5.92 Å². The molecule has 1 saturated heterocycles. The van der Waals surface area contributed by atoms with E-state index in [0.29, 0.717) is 38.9 Å². The zero-order valence-electron chi connectivity index (χ0n) is 15.7. The fourth-order valence-electron chi connectivity index (χ4n) is 3.20. The molecule has 2 aromatic heterocycles. The molecule has 7 heteroatoms. The highest BCUT2D eigenvalue weighted by atomic mass is 32.1. The third-order valence-electron chi connectivity index (χ3n) is 4.83. The van der Waals surface area contributed by atoms with Gasteiger partial charge in [0.1, 0.15) is 0 Å². The van der Waals surface area contributed by atoms with Gasteiger partial charge in [-0.3, -0.25) is 14.6 Å². The standard InChI is InChI=1S/C20H26N4O2S/c1-2-16-14-27-18(23-16)8-11-22-20(26)15-6-7-19(25)24(13-15)12-9-17-5-3-4-10-21-17/h3-5,10,14-15H,2,6-9,11-13H2,1H3,(H,22,26). The van der Waals surface area contributed by atoms with E-state index in [0.717, 1.165) is 29.2 Å². The minimum Gasteiger partial charge on any atom is -0.355 e. The first-order valence-electron chi connectivity index (χ1n) is 9.54. The number of amides is 2. The van der Waals surface area contributed by atoms with E-state index < -0.39 is 0 Å². The average molecular weight is 387 g/mol. The van der Waals surface area contributed by atoms with Gasteiger partial charge in [0.25, 0.3) is 0 Å². The van der Waals surface area contributed by atoms with Gasteiger partial charge in [0.2, 0.25) is 11.8 Å². The van der Waals surface area contributed by atoms with Crippen LogP contribution in [-0.4, -0.2) is 46.3 Å². The van der Waals surface area contributed by atoms with Gasteiger partial charge in [-0.15, -0.1) is 11.3 Å². The molecule has 2 aromatic rings. The fourth-order valence-corrected chi connectivity index (χ4v) is 4.08. The van der Waals surface area contributed by atoms with Gasteiger partial charge < -0.3 is 10.2 Å². The number of nitrogens with one attached hydrogen (secondary N) is 1. The Bertz CT molecular complexity index is 762. The van der Waals surface area contributed by atoms with Crippen molar-refractivity contribution in [3.8, 4) is 0 Å². The molecule has 0 spiro atoms. The minimum absolute atomic E-state index is 0.0395. The molecule has 0 aliphatic carbocycles. The van der Waals surface area contributed by atoms with Crippen molar-refractivity contribution < 1.29 is 9.59 Å². The predicted molar refractivity (Wildman–Crippen MR) is 105 cm³/mol. The van der Waals surface area contributed by atoms with Gasteiger partial charge in [-0.1, -0.05) is 13.0 Å². The summed E-state index contributed by atoms with van der Waals surface area (Å²) >= 11 is 1.65. The zero-order chi connectivity index (χ0) is 19.1. The van der Waals surface area contributed by atoms with Crippen LogP contribution in [0.25, 0.3) is 0 Å². The molecular formula is C20H26N4O2S. The summed E-state index contributed by atoms with van der Waals surface area (Å²) in [6.07, 6.45) is 5.23. The molecule has 1 aliphatic heterocycles. The van der Waals surface area contributed by atoms with Gasteiger partial charge in [0.15, 0.2) is 0 Å². The van der Waals surface area contributed by atoms with Gasteiger partial charge in [-0.05, 0) is 25.0 Å². The summed E-state index contributed by atoms with van der Waals surface area (Å²) in [5.74, 6) is 0.0383. The largest absolute Gasteiger partial charge is 0.355 e. The Labute approximate surface area is 164 Å². The molecule has 27 heavy (non-hydrogen) atoms. The average Bonchev–Trinajstić information content (AvgIpc) is 3.16. The van der Waals surface area contributed by atoms with Crippen molar-refractivity contribution in [1.82, 2.24) is 20.2 Å². The van der Waals surface area contributed by atoms with E-state index in [9.17, 15) is 9.59 Å². The van der Waals surface area contributed by atoms with Crippen LogP contribution in [0.15, 0.2) is 29.8 Å². The summed E-state index contributed by atoms with van der Waals surface area (Å²) in [5.41, 5.74) is 2.07. The van der Waals surface area contributed by atoms with E-state index in [1.165, 1.54) is 0 Å². The number of rotatable bonds is 8. The van der Waals surface area contributed by atoms with Crippen LogP contribution < -0.4 is 5.32 Å². The van der Waals surface area contributed by atoms with E-state index in [1.807, 2.05) is 18.2 Å². The molecular weight excluding hydrogens is 360 g/mol. The maximum atomic E-state index is 12.5. The summed E-state index contributed by atoms with van der Waals surface area (Å²) < 4.78 is 0. The second kappa shape index (κ2) is 9.60. The van der Waals surface area contributed by atoms with Crippen LogP contribution in [0.3, 0.4) is 0 Å². The molecule has 1 fully saturated rings. The molecule has 6 nitrogen and oxygen atoms in total. The van der Waals surface area contributed by atoms with Crippen molar-refractivity contribution >= 4 is 23.2 Å². The first-order valence-corrected chi connectivity index (χ1v) is 10.4. The second-order valence-electron chi connectivity index (χ2n) is 6.77. The molecule has 3 rings (SSSR count). The summed E-state index contributed by atoms with van der Waals surface area (Å²) in [7, 11) is 0. The first kappa shape index (κ1) is 19.5. The molecule has 1 unspecified atom stereocenters. The Kier molecular flexibility index (Phi) is 6.92. The third kappa shape index (κ3) is 5.60. The highest BCUT2D eigenvalue weighted by Gasteiger charge is 2.29. The van der Waals surface area contributed by atoms with Crippen molar-refractivity contribution in [3.05, 3.63) is 46.2 Å². The lowest BCUT2D eigenvalue weighted by molar-refractivity contribution is -0.138. The van der Waals surface area contributed by atoms with Crippen molar-refractivity contribution in [2.45, 2.75) is 39.0 Å². The number of hydrogen-bond donors (Lipinski definition) is 1. The lowest BCUT2D eigenvalue weighted by Gasteiger charge is -2.32. The summed E-state index contributed by atoms with van der Waals surface area (Å²) in [6.45, 7) is 3.78. The molecule has 3 heterocycles. The molecule has 0 radical (unpaired) electrons. The zero-order valence-corrected chi connectivity index (χ0v) is 16.5. The summed E-state index contributed by atoms with van der Waals surface area (Å²) in [4.78, 5) is 35.3. The number of hydrogen-bond acceptors (Lipinski definition) is 5. The van der Waals surface area contributed by atoms with E-state index in [-0.39, 0.29) is 17.7 Å². The van der Waals surface area contributed by atoms with Crippen LogP contribution >= 0.6 is 11.3 Å². The first-order chi connectivity index (χ1) is 13.2. The van der Waals surface area contributed by atoms with E-state index in [1.54, 1.807) is 22.4 Å². The van der Waals surface area contributed by atoms with E-state index >= 15 is 0 Å². The lowest BCUT2D eigenvalue weighted by Crippen LogP contribution is -2.46. The number of carbonyl (C=O) groups excluding carboxylic acids is 2. The molecule has 144 valence electrons. The van der Waals surface area contributed by atoms with Crippen LogP contribution in [0.5, 0.6) is 0 Å². The number of pyridine rings is 1. The summed E-state index contributed by atoms with van der Waals surface area (Å²) in [6, 6.07) is 5.79. The van der Waals surface area contributed by atoms with Gasteiger partial charge in [-0.25, -0.2) is 4.98 Å². The Balaban J connectivity index is 1.44. The quantitative estimate of drug-likeness (QED) is 0.755. The van der Waals surface area contributed by atoms with E-state index in [2.05, 4.69) is 27.6 Å². The SMILES string of the molecule is CCc1csc(CCNC(=O)C2CCC(=O)N(CCc3ccccn3)C2)n1. The highest BCUT2D eigenvalue weighted by Crippen LogP contribution is 2.18. The fraction of sp³-hybridized carbons (Fsp3) is 0.500. The third-order valence-corrected chi connectivity index (χ3v) is 5.79. The maximum Gasteiger partial charge on any atom is 0.224 e. The van der Waals surface area contributed by atoms with Gasteiger partial charge >= 0.3 is 0 Å². The van der Waals surface area contributed by atoms with Crippen molar-refractivity contribution in [2.24, 2.45) is 5.92 Å². The number of nitrogens with zero attached hydrogens (tertiary/aromatic N) is 3. The molecule has 0 aromatic carbocycles. The predicted octanol–water partition coefficient (Wildman–Crippen LogP) is 2.24. The van der Waals surface area contributed by atoms with Crippen molar-refractivity contribution in [1.29, 1.82) is 0 Å². The monoisotopic (exact) mass is 386 g/mol. The van der Waals surface area contributed by atoms with E-state index in [4.69, 9.17) is 0 Å². The minimum atomic E-state index is -0.131. The Morgan fingerprint density at radius 3 is 2.96 bits per heavy atom. The van der Waals surface area contributed by atoms with Gasteiger partial charge in [0.05, 0.1) is 16.6 Å². The Hall–Kier alpha value is -2.28. The smallest absolute Gasteiger partial charge is 0.224 e. The normalized spacial score (nSPS) is 17.1. The van der Waals surface area contributed by atoms with Crippen LogP contribution in [0.1, 0.15) is 36.2 Å². The van der Waals surface area contributed by atoms with Crippen LogP contribution in [0.4, 0.5) is 0 Å². The molecule has 1 atom stereocenters. The molecule has 1 N–H and O–H groups in total. The number of likely N-dealkylation sites (tertiary alicyclic amines) is 1. The molecule has 1 aliphatic rings. The topological polar surface area (TPSA) is 75.2 Å². The number of thiazole rings is 1. The number of carbonyl (C=O) groups is 2. The number of piperidine rings is 1. The lowest BCUT2D eigenvalue weighted by atomic mass is 9.96. The van der Waals surface area contributed by atoms with Crippen molar-refractivity contribution in [3.63, 3.8) is 0 Å². The summed E-state index contributed by atoms with van der Waals surface area (Å²) in [5, 5.41) is 6.15. The number of aromatic nitrogens is 2. The van der Waals surface area contributed by atoms with Crippen molar-refractivity contribution in [2.75, 3.05) is 19.6 Å². The molecule has 0 saturated carbocycles. The number of aryl methyl sites for hydroxylation is 1. The highest BCUT2D eigenvalue weighted by molar-refractivity contribution is 7.09. The van der Waals surface area contributed by atoms with Crippen LogP contribution in [-0.2, 0) is 28.9 Å². The van der Waals surface area contributed by atoms with Gasteiger partial charge in [0, 0.05) is 56.2 Å². The molecule has 2 amide bonds. The van der Waals surface area contributed by atoms with Gasteiger partial charge in [-0.2, -0.15) is 0 Å².